The molecule has 6 nitrogen and oxygen atoms in total. The van der Waals surface area contributed by atoms with E-state index in [1.807, 2.05) is 0 Å². The van der Waals surface area contributed by atoms with Crippen LogP contribution < -0.4 is 9.47 Å². The highest BCUT2D eigenvalue weighted by Crippen LogP contribution is 2.46. The molecular weight excluding hydrogens is 252 g/mol. The molecule has 7 heteroatoms. The number of aromatic hydroxyl groups is 1. The number of fused-ring (bicyclic) bond motifs is 1. The molecule has 0 saturated carbocycles. The molecule has 1 heterocycles. The Balaban J connectivity index is 2.55. The summed E-state index contributed by atoms with van der Waals surface area (Å²) >= 11 is 5.81. The van der Waals surface area contributed by atoms with E-state index in [1.54, 1.807) is 0 Å². The van der Waals surface area contributed by atoms with E-state index in [-0.39, 0.29) is 35.3 Å². The summed E-state index contributed by atoms with van der Waals surface area (Å²) in [5.74, 6) is -1.66. The molecule has 0 amide bonds. The molecule has 0 aliphatic carbocycles. The van der Waals surface area contributed by atoms with Gasteiger partial charge in [0.15, 0.2) is 17.6 Å². The van der Waals surface area contributed by atoms with Crippen LogP contribution in [0.5, 0.6) is 17.2 Å². The van der Waals surface area contributed by atoms with E-state index in [4.69, 9.17) is 26.2 Å². The number of halogens is 1. The first-order valence-corrected chi connectivity index (χ1v) is 5.12. The standard InChI is InChI=1S/C10H9ClO6/c11-6-7(12)4(8(13)10(14)15)3-5-9(6)17-2-1-16-5/h3,8,12-13H,1-2H2,(H,14,15). The Morgan fingerprint density at radius 1 is 1.41 bits per heavy atom. The number of benzene rings is 1. The number of carbonyl (C=O) groups is 1. The fourth-order valence-electron chi connectivity index (χ4n) is 1.50. The second kappa shape index (κ2) is 4.31. The van der Waals surface area contributed by atoms with Crippen molar-refractivity contribution >= 4 is 17.6 Å². The third-order valence-corrected chi connectivity index (χ3v) is 2.66. The van der Waals surface area contributed by atoms with Crippen LogP contribution in [0.3, 0.4) is 0 Å². The summed E-state index contributed by atoms with van der Waals surface area (Å²) in [6.07, 6.45) is -1.87. The number of phenols is 1. The molecular formula is C10H9ClO6. The minimum atomic E-state index is -1.87. The SMILES string of the molecule is O=C(O)C(O)c1cc2c(c(Cl)c1O)OCCO2. The van der Waals surface area contributed by atoms with Crippen molar-refractivity contribution in [2.24, 2.45) is 0 Å². The Labute approximate surface area is 101 Å². The van der Waals surface area contributed by atoms with Gasteiger partial charge in [0.1, 0.15) is 24.0 Å². The molecule has 17 heavy (non-hydrogen) atoms. The van der Waals surface area contributed by atoms with Crippen LogP contribution in [-0.4, -0.2) is 34.5 Å². The van der Waals surface area contributed by atoms with Gasteiger partial charge in [-0.3, -0.25) is 0 Å². The van der Waals surface area contributed by atoms with E-state index in [0.717, 1.165) is 0 Å². The first-order valence-electron chi connectivity index (χ1n) is 4.74. The number of aliphatic carboxylic acids is 1. The zero-order valence-corrected chi connectivity index (χ0v) is 9.27. The highest BCUT2D eigenvalue weighted by molar-refractivity contribution is 6.34. The van der Waals surface area contributed by atoms with Crippen molar-refractivity contribution in [3.63, 3.8) is 0 Å². The van der Waals surface area contributed by atoms with Gasteiger partial charge in [0, 0.05) is 5.56 Å². The molecule has 1 aromatic carbocycles. The smallest absolute Gasteiger partial charge is 0.337 e. The van der Waals surface area contributed by atoms with Gasteiger partial charge >= 0.3 is 5.97 Å². The molecule has 0 spiro atoms. The second-order valence-electron chi connectivity index (χ2n) is 3.39. The zero-order chi connectivity index (χ0) is 12.6. The van der Waals surface area contributed by atoms with Crippen molar-refractivity contribution in [2.45, 2.75) is 6.10 Å². The van der Waals surface area contributed by atoms with Crippen LogP contribution >= 0.6 is 11.6 Å². The average molecular weight is 261 g/mol. The molecule has 3 N–H and O–H groups in total. The third-order valence-electron chi connectivity index (χ3n) is 2.31. The summed E-state index contributed by atoms with van der Waals surface area (Å²) in [5.41, 5.74) is -0.230. The van der Waals surface area contributed by atoms with Crippen molar-refractivity contribution in [3.8, 4) is 17.2 Å². The lowest BCUT2D eigenvalue weighted by Gasteiger charge is -2.21. The van der Waals surface area contributed by atoms with Crippen LogP contribution in [0.25, 0.3) is 0 Å². The van der Waals surface area contributed by atoms with E-state index in [0.29, 0.717) is 0 Å². The van der Waals surface area contributed by atoms with Gasteiger partial charge in [-0.2, -0.15) is 0 Å². The lowest BCUT2D eigenvalue weighted by atomic mass is 10.1. The quantitative estimate of drug-likeness (QED) is 0.732. The first kappa shape index (κ1) is 11.8. The monoisotopic (exact) mass is 260 g/mol. The summed E-state index contributed by atoms with van der Waals surface area (Å²) in [7, 11) is 0. The van der Waals surface area contributed by atoms with E-state index >= 15 is 0 Å². The summed E-state index contributed by atoms with van der Waals surface area (Å²) in [6.45, 7) is 0.573. The van der Waals surface area contributed by atoms with Gasteiger partial charge in [0.2, 0.25) is 0 Å². The summed E-state index contributed by atoms with van der Waals surface area (Å²) in [6, 6.07) is 1.20. The van der Waals surface area contributed by atoms with Crippen LogP contribution in [0.1, 0.15) is 11.7 Å². The molecule has 1 atom stereocenters. The lowest BCUT2D eigenvalue weighted by Crippen LogP contribution is -2.17. The summed E-state index contributed by atoms with van der Waals surface area (Å²) in [5, 5.41) is 27.6. The Morgan fingerprint density at radius 2 is 2.06 bits per heavy atom. The molecule has 1 aromatic rings. The number of hydrogen-bond acceptors (Lipinski definition) is 5. The second-order valence-corrected chi connectivity index (χ2v) is 3.77. The zero-order valence-electron chi connectivity index (χ0n) is 8.51. The van der Waals surface area contributed by atoms with Gasteiger partial charge in [-0.1, -0.05) is 11.6 Å². The van der Waals surface area contributed by atoms with Crippen LogP contribution in [-0.2, 0) is 4.79 Å². The molecule has 2 rings (SSSR count). The fraction of sp³-hybridized carbons (Fsp3) is 0.300. The maximum Gasteiger partial charge on any atom is 0.337 e. The Hall–Kier alpha value is -1.66. The van der Waals surface area contributed by atoms with Crippen molar-refractivity contribution in [1.82, 2.24) is 0 Å². The summed E-state index contributed by atoms with van der Waals surface area (Å²) in [4.78, 5) is 10.7. The van der Waals surface area contributed by atoms with E-state index in [9.17, 15) is 15.0 Å². The van der Waals surface area contributed by atoms with E-state index < -0.39 is 17.8 Å². The van der Waals surface area contributed by atoms with Crippen LogP contribution in [0.4, 0.5) is 0 Å². The average Bonchev–Trinajstić information content (AvgIpc) is 2.33. The van der Waals surface area contributed by atoms with Crippen LogP contribution in [0, 0.1) is 0 Å². The van der Waals surface area contributed by atoms with Gasteiger partial charge in [-0.05, 0) is 6.07 Å². The summed E-state index contributed by atoms with van der Waals surface area (Å²) < 4.78 is 10.4. The Morgan fingerprint density at radius 3 is 2.71 bits per heavy atom. The van der Waals surface area contributed by atoms with Gasteiger partial charge in [0.05, 0.1) is 0 Å². The predicted molar refractivity (Wildman–Crippen MR) is 56.7 cm³/mol. The number of ether oxygens (including phenoxy) is 2. The van der Waals surface area contributed by atoms with Crippen molar-refractivity contribution in [2.75, 3.05) is 13.2 Å². The number of carboxylic acid groups (broad SMARTS) is 1. The number of aliphatic hydroxyl groups is 1. The lowest BCUT2D eigenvalue weighted by molar-refractivity contribution is -0.147. The molecule has 0 bridgehead atoms. The number of phenolic OH excluding ortho intramolecular Hbond substituents is 1. The minimum absolute atomic E-state index is 0.150. The molecule has 0 radical (unpaired) electrons. The maximum absolute atomic E-state index is 10.7. The normalized spacial score (nSPS) is 15.4. The van der Waals surface area contributed by atoms with Crippen molar-refractivity contribution in [1.29, 1.82) is 0 Å². The molecule has 1 aliphatic heterocycles. The topological polar surface area (TPSA) is 96.2 Å². The largest absolute Gasteiger partial charge is 0.506 e. The highest BCUT2D eigenvalue weighted by Gasteiger charge is 2.27. The molecule has 92 valence electrons. The van der Waals surface area contributed by atoms with Crippen LogP contribution in [0.15, 0.2) is 6.07 Å². The number of hydrogen-bond donors (Lipinski definition) is 3. The van der Waals surface area contributed by atoms with Crippen LogP contribution in [0.2, 0.25) is 5.02 Å². The molecule has 0 aromatic heterocycles. The van der Waals surface area contributed by atoms with E-state index in [2.05, 4.69) is 0 Å². The fourth-order valence-corrected chi connectivity index (χ4v) is 1.75. The number of carboxylic acids is 1. The van der Waals surface area contributed by atoms with Gasteiger partial charge in [-0.15, -0.1) is 0 Å². The maximum atomic E-state index is 10.7. The van der Waals surface area contributed by atoms with Gasteiger partial charge in [-0.25, -0.2) is 4.79 Å². The van der Waals surface area contributed by atoms with E-state index in [1.165, 1.54) is 6.07 Å². The molecule has 1 unspecified atom stereocenters. The van der Waals surface area contributed by atoms with Crippen molar-refractivity contribution in [3.05, 3.63) is 16.7 Å². The number of aliphatic hydroxyl groups excluding tert-OH is 1. The molecule has 0 saturated heterocycles. The minimum Gasteiger partial charge on any atom is -0.506 e. The van der Waals surface area contributed by atoms with Crippen molar-refractivity contribution < 1.29 is 29.6 Å². The van der Waals surface area contributed by atoms with Gasteiger partial charge < -0.3 is 24.8 Å². The number of rotatable bonds is 2. The predicted octanol–water partition coefficient (Wildman–Crippen LogP) is 0.935. The van der Waals surface area contributed by atoms with Gasteiger partial charge in [0.25, 0.3) is 0 Å². The highest BCUT2D eigenvalue weighted by atomic mass is 35.5. The molecule has 0 fully saturated rings. The third kappa shape index (κ3) is 1.96. The molecule has 1 aliphatic rings. The first-order chi connectivity index (χ1) is 8.02. The Bertz CT molecular complexity index is 472. The Kier molecular flexibility index (Phi) is 2.99.